The second-order valence-corrected chi connectivity index (χ2v) is 11.4. The minimum atomic E-state index is -0.0350. The lowest BCUT2D eigenvalue weighted by Crippen LogP contribution is -2.01. The minimum Gasteiger partial charge on any atom is -0.456 e. The molecule has 0 fully saturated rings. The van der Waals surface area contributed by atoms with Crippen molar-refractivity contribution in [2.45, 2.75) is 0 Å². The third kappa shape index (κ3) is 5.16. The molecule has 6 aromatic carbocycles. The normalized spacial score (nSPS) is 11.0. The minimum absolute atomic E-state index is 0.0350. The molecule has 0 atom stereocenters. The molecule has 0 aliphatic carbocycles. The SMILES string of the molecule is N#Cc1c(-c2ccccc2)cc(-c2cccc(-c3cccc(-c4ccc5oc6ccccc6c(=O)c5c4)c3)c2)nc1-c1ccccc1. The molecule has 0 radical (unpaired) electrons. The van der Waals surface area contributed by atoms with E-state index >= 15 is 0 Å². The number of benzene rings is 6. The molecule has 0 bridgehead atoms. The quantitative estimate of drug-likeness (QED) is 0.184. The highest BCUT2D eigenvalue weighted by Gasteiger charge is 2.17. The third-order valence-electron chi connectivity index (χ3n) is 8.53. The van der Waals surface area contributed by atoms with E-state index in [9.17, 15) is 10.1 Å². The van der Waals surface area contributed by atoms with Crippen LogP contribution in [0.15, 0.2) is 167 Å². The van der Waals surface area contributed by atoms with Gasteiger partial charge in [-0.3, -0.25) is 4.79 Å². The Balaban J connectivity index is 1.23. The van der Waals surface area contributed by atoms with Crippen molar-refractivity contribution in [3.8, 4) is 62.0 Å². The van der Waals surface area contributed by atoms with Crippen molar-refractivity contribution in [3.63, 3.8) is 0 Å². The van der Waals surface area contributed by atoms with Crippen LogP contribution in [-0.4, -0.2) is 4.98 Å². The third-order valence-corrected chi connectivity index (χ3v) is 8.53. The molecule has 8 rings (SSSR count). The summed E-state index contributed by atoms with van der Waals surface area (Å²) in [5, 5.41) is 11.4. The van der Waals surface area contributed by atoms with Gasteiger partial charge >= 0.3 is 0 Å². The first-order valence-corrected chi connectivity index (χ1v) is 15.4. The maximum atomic E-state index is 13.3. The van der Waals surface area contributed by atoms with Gasteiger partial charge in [0.05, 0.1) is 27.7 Å². The fourth-order valence-corrected chi connectivity index (χ4v) is 6.18. The van der Waals surface area contributed by atoms with E-state index in [1.165, 1.54) is 0 Å². The average molecular weight is 603 g/mol. The highest BCUT2D eigenvalue weighted by Crippen LogP contribution is 2.36. The van der Waals surface area contributed by atoms with Crippen LogP contribution in [-0.2, 0) is 0 Å². The van der Waals surface area contributed by atoms with E-state index in [1.54, 1.807) is 6.07 Å². The first-order valence-electron chi connectivity index (χ1n) is 15.4. The number of nitriles is 1. The first-order chi connectivity index (χ1) is 23.2. The van der Waals surface area contributed by atoms with Gasteiger partial charge in [0.25, 0.3) is 0 Å². The van der Waals surface area contributed by atoms with Crippen LogP contribution in [0.25, 0.3) is 77.8 Å². The fourth-order valence-electron chi connectivity index (χ4n) is 6.18. The Bertz CT molecular complexity index is 2490. The van der Waals surface area contributed by atoms with Gasteiger partial charge in [0.2, 0.25) is 5.43 Å². The Kier molecular flexibility index (Phi) is 6.98. The molecule has 4 nitrogen and oxygen atoms in total. The van der Waals surface area contributed by atoms with E-state index in [4.69, 9.17) is 9.40 Å². The molecule has 0 aliphatic heterocycles. The number of fused-ring (bicyclic) bond motifs is 2. The number of pyridine rings is 1. The molecule has 0 aliphatic rings. The zero-order chi connectivity index (χ0) is 31.7. The van der Waals surface area contributed by atoms with Gasteiger partial charge in [-0.15, -0.1) is 0 Å². The molecule has 220 valence electrons. The van der Waals surface area contributed by atoms with Crippen LogP contribution in [0.2, 0.25) is 0 Å². The molecule has 2 aromatic heterocycles. The molecular weight excluding hydrogens is 576 g/mol. The van der Waals surface area contributed by atoms with Gasteiger partial charge in [-0.2, -0.15) is 5.26 Å². The van der Waals surface area contributed by atoms with Crippen molar-refractivity contribution >= 4 is 21.9 Å². The van der Waals surface area contributed by atoms with E-state index in [-0.39, 0.29) is 5.43 Å². The molecule has 47 heavy (non-hydrogen) atoms. The van der Waals surface area contributed by atoms with Crippen molar-refractivity contribution in [2.75, 3.05) is 0 Å². The monoisotopic (exact) mass is 602 g/mol. The number of hydrogen-bond donors (Lipinski definition) is 0. The van der Waals surface area contributed by atoms with Gasteiger partial charge in [0.15, 0.2) is 0 Å². The predicted molar refractivity (Wildman–Crippen MR) is 190 cm³/mol. The molecule has 8 aromatic rings. The zero-order valence-corrected chi connectivity index (χ0v) is 25.2. The summed E-state index contributed by atoms with van der Waals surface area (Å²) in [4.78, 5) is 18.4. The van der Waals surface area contributed by atoms with Crippen molar-refractivity contribution in [2.24, 2.45) is 0 Å². The van der Waals surface area contributed by atoms with Gasteiger partial charge < -0.3 is 4.42 Å². The highest BCUT2D eigenvalue weighted by molar-refractivity contribution is 5.92. The Morgan fingerprint density at radius 2 is 1.04 bits per heavy atom. The topological polar surface area (TPSA) is 66.9 Å². The van der Waals surface area contributed by atoms with E-state index in [2.05, 4.69) is 42.5 Å². The number of para-hydroxylation sites is 1. The smallest absolute Gasteiger partial charge is 0.200 e. The van der Waals surface area contributed by atoms with Gasteiger partial charge in [-0.25, -0.2) is 4.98 Å². The summed E-state index contributed by atoms with van der Waals surface area (Å²) >= 11 is 0. The van der Waals surface area contributed by atoms with Crippen LogP contribution in [0, 0.1) is 11.3 Å². The van der Waals surface area contributed by atoms with Gasteiger partial charge in [-0.05, 0) is 70.3 Å². The lowest BCUT2D eigenvalue weighted by Gasteiger charge is -2.14. The summed E-state index contributed by atoms with van der Waals surface area (Å²) in [7, 11) is 0. The summed E-state index contributed by atoms with van der Waals surface area (Å²) in [6, 6.07) is 54.0. The Labute approximate surface area is 271 Å². The van der Waals surface area contributed by atoms with Crippen molar-refractivity contribution in [1.29, 1.82) is 5.26 Å². The van der Waals surface area contributed by atoms with Gasteiger partial charge in [0.1, 0.15) is 17.2 Å². The molecule has 0 saturated heterocycles. The lowest BCUT2D eigenvalue weighted by atomic mass is 9.93. The Morgan fingerprint density at radius 3 is 1.74 bits per heavy atom. The molecule has 0 N–H and O–H groups in total. The summed E-state index contributed by atoms with van der Waals surface area (Å²) in [6.07, 6.45) is 0. The predicted octanol–water partition coefficient (Wildman–Crippen LogP) is 10.5. The van der Waals surface area contributed by atoms with E-state index in [0.29, 0.717) is 33.2 Å². The molecule has 0 unspecified atom stereocenters. The second-order valence-electron chi connectivity index (χ2n) is 11.4. The molecular formula is C43H26N2O2. The molecule has 4 heteroatoms. The number of rotatable bonds is 5. The van der Waals surface area contributed by atoms with Crippen LogP contribution in [0.3, 0.4) is 0 Å². The summed E-state index contributed by atoms with van der Waals surface area (Å²) < 4.78 is 6.03. The summed E-state index contributed by atoms with van der Waals surface area (Å²) in [5.74, 6) is 0. The molecule has 0 saturated carbocycles. The second kappa shape index (κ2) is 11.7. The molecule has 0 spiro atoms. The van der Waals surface area contributed by atoms with Crippen LogP contribution >= 0.6 is 0 Å². The zero-order valence-electron chi connectivity index (χ0n) is 25.2. The van der Waals surface area contributed by atoms with E-state index in [0.717, 1.165) is 50.2 Å². The maximum absolute atomic E-state index is 13.3. The number of nitrogens with zero attached hydrogens (tertiary/aromatic N) is 2. The van der Waals surface area contributed by atoms with E-state index < -0.39 is 0 Å². The van der Waals surface area contributed by atoms with E-state index in [1.807, 2.05) is 115 Å². The Hall–Kier alpha value is -6.57. The highest BCUT2D eigenvalue weighted by atomic mass is 16.3. The van der Waals surface area contributed by atoms with Crippen molar-refractivity contribution < 1.29 is 4.42 Å². The summed E-state index contributed by atoms with van der Waals surface area (Å²) in [5.41, 5.74) is 10.8. The fraction of sp³-hybridized carbons (Fsp3) is 0. The van der Waals surface area contributed by atoms with Crippen LogP contribution < -0.4 is 5.43 Å². The van der Waals surface area contributed by atoms with Crippen LogP contribution in [0.4, 0.5) is 0 Å². The lowest BCUT2D eigenvalue weighted by molar-refractivity contribution is 0.660. The van der Waals surface area contributed by atoms with Crippen molar-refractivity contribution in [1.82, 2.24) is 4.98 Å². The van der Waals surface area contributed by atoms with Crippen LogP contribution in [0.1, 0.15) is 5.56 Å². The number of aromatic nitrogens is 1. The first kappa shape index (κ1) is 27.9. The Morgan fingerprint density at radius 1 is 0.489 bits per heavy atom. The molecule has 2 heterocycles. The van der Waals surface area contributed by atoms with Gasteiger partial charge in [-0.1, -0.05) is 115 Å². The van der Waals surface area contributed by atoms with Crippen molar-refractivity contribution in [3.05, 3.63) is 174 Å². The standard InChI is InChI=1S/C43H26N2O2/c44-27-38-36(28-11-3-1-4-12-28)26-39(45-42(38)29-13-5-2-6-14-29)34-18-10-17-32(24-34)30-15-9-16-31(23-30)33-21-22-41-37(25-33)43(46)35-19-7-8-20-40(35)47-41/h1-26H. The average Bonchev–Trinajstić information content (AvgIpc) is 3.15. The van der Waals surface area contributed by atoms with Gasteiger partial charge in [0, 0.05) is 16.7 Å². The summed E-state index contributed by atoms with van der Waals surface area (Å²) in [6.45, 7) is 0. The largest absolute Gasteiger partial charge is 0.456 e. The maximum Gasteiger partial charge on any atom is 0.200 e. The molecule has 0 amide bonds. The van der Waals surface area contributed by atoms with Crippen LogP contribution in [0.5, 0.6) is 0 Å². The number of hydrogen-bond acceptors (Lipinski definition) is 4.